The number of anilines is 3. The molecule has 0 spiro atoms. The second kappa shape index (κ2) is 9.23. The maximum atomic E-state index is 12.1. The molecule has 3 aromatic rings. The number of amides is 4. The van der Waals surface area contributed by atoms with E-state index in [9.17, 15) is 14.4 Å². The van der Waals surface area contributed by atoms with Crippen molar-refractivity contribution in [2.75, 3.05) is 16.0 Å². The van der Waals surface area contributed by atoms with Crippen molar-refractivity contribution in [1.82, 2.24) is 5.32 Å². The SMILES string of the molecule is CC(=O)Nc1ccc(NC(=O)NCc2cccc(NC(=O)c3ccco3)c2)cc1. The zero-order valence-corrected chi connectivity index (χ0v) is 15.7. The zero-order chi connectivity index (χ0) is 20.6. The molecular formula is C21H20N4O4. The van der Waals surface area contributed by atoms with Gasteiger partial charge in [-0.05, 0) is 54.1 Å². The second-order valence-electron chi connectivity index (χ2n) is 6.20. The van der Waals surface area contributed by atoms with Gasteiger partial charge in [0.1, 0.15) is 0 Å². The topological polar surface area (TPSA) is 112 Å². The van der Waals surface area contributed by atoms with Gasteiger partial charge in [-0.15, -0.1) is 0 Å². The van der Waals surface area contributed by atoms with Gasteiger partial charge in [-0.25, -0.2) is 4.79 Å². The number of rotatable bonds is 6. The van der Waals surface area contributed by atoms with Crippen molar-refractivity contribution in [2.45, 2.75) is 13.5 Å². The maximum absolute atomic E-state index is 12.1. The van der Waals surface area contributed by atoms with Gasteiger partial charge >= 0.3 is 6.03 Å². The summed E-state index contributed by atoms with van der Waals surface area (Å²) in [5, 5.41) is 10.9. The van der Waals surface area contributed by atoms with Gasteiger partial charge in [0.05, 0.1) is 6.26 Å². The fraction of sp³-hybridized carbons (Fsp3) is 0.0952. The summed E-state index contributed by atoms with van der Waals surface area (Å²) in [6.45, 7) is 1.71. The van der Waals surface area contributed by atoms with E-state index < -0.39 is 0 Å². The molecule has 4 amide bonds. The van der Waals surface area contributed by atoms with E-state index in [0.29, 0.717) is 17.1 Å². The molecule has 4 N–H and O–H groups in total. The van der Waals surface area contributed by atoms with Gasteiger partial charge in [-0.1, -0.05) is 12.1 Å². The molecule has 29 heavy (non-hydrogen) atoms. The van der Waals surface area contributed by atoms with Gasteiger partial charge in [0.2, 0.25) is 5.91 Å². The number of benzene rings is 2. The molecule has 2 aromatic carbocycles. The van der Waals surface area contributed by atoms with E-state index in [1.807, 2.05) is 6.07 Å². The Labute approximate surface area is 167 Å². The van der Waals surface area contributed by atoms with Gasteiger partial charge in [0.15, 0.2) is 5.76 Å². The van der Waals surface area contributed by atoms with E-state index >= 15 is 0 Å². The highest BCUT2D eigenvalue weighted by Gasteiger charge is 2.09. The van der Waals surface area contributed by atoms with Crippen molar-refractivity contribution in [3.63, 3.8) is 0 Å². The Morgan fingerprint density at radius 1 is 0.828 bits per heavy atom. The minimum absolute atomic E-state index is 0.161. The fourth-order valence-corrected chi connectivity index (χ4v) is 2.56. The highest BCUT2D eigenvalue weighted by atomic mass is 16.3. The van der Waals surface area contributed by atoms with Crippen molar-refractivity contribution >= 4 is 34.9 Å². The summed E-state index contributed by atoms with van der Waals surface area (Å²) < 4.78 is 5.06. The second-order valence-corrected chi connectivity index (χ2v) is 6.20. The first-order chi connectivity index (χ1) is 14.0. The first kappa shape index (κ1) is 19.7. The number of furan rings is 1. The molecule has 0 saturated carbocycles. The minimum Gasteiger partial charge on any atom is -0.459 e. The van der Waals surface area contributed by atoms with E-state index in [-0.39, 0.29) is 30.2 Å². The summed E-state index contributed by atoms with van der Waals surface area (Å²) in [4.78, 5) is 35.1. The number of carbonyl (C=O) groups excluding carboxylic acids is 3. The van der Waals surface area contributed by atoms with Crippen LogP contribution in [-0.2, 0) is 11.3 Å². The molecule has 0 saturated heterocycles. The van der Waals surface area contributed by atoms with Crippen LogP contribution in [0.2, 0.25) is 0 Å². The van der Waals surface area contributed by atoms with E-state index in [2.05, 4.69) is 21.3 Å². The van der Waals surface area contributed by atoms with Crippen molar-refractivity contribution in [2.24, 2.45) is 0 Å². The third-order valence-electron chi connectivity index (χ3n) is 3.85. The maximum Gasteiger partial charge on any atom is 0.319 e. The average Bonchev–Trinajstić information content (AvgIpc) is 3.23. The van der Waals surface area contributed by atoms with Crippen LogP contribution >= 0.6 is 0 Å². The molecule has 8 heteroatoms. The number of carbonyl (C=O) groups is 3. The lowest BCUT2D eigenvalue weighted by Crippen LogP contribution is -2.28. The van der Waals surface area contributed by atoms with Crippen LogP contribution in [0.15, 0.2) is 71.3 Å². The van der Waals surface area contributed by atoms with Gasteiger partial charge in [-0.3, -0.25) is 9.59 Å². The summed E-state index contributed by atoms with van der Waals surface area (Å²) in [6, 6.07) is 16.8. The van der Waals surface area contributed by atoms with Crippen molar-refractivity contribution < 1.29 is 18.8 Å². The third kappa shape index (κ3) is 5.96. The lowest BCUT2D eigenvalue weighted by atomic mass is 10.2. The predicted octanol–water partition coefficient (Wildman–Crippen LogP) is 3.81. The molecule has 0 bridgehead atoms. The molecule has 0 atom stereocenters. The Hall–Kier alpha value is -4.07. The molecule has 0 aliphatic heterocycles. The third-order valence-corrected chi connectivity index (χ3v) is 3.85. The molecule has 0 aliphatic rings. The van der Waals surface area contributed by atoms with Crippen LogP contribution in [0.5, 0.6) is 0 Å². The van der Waals surface area contributed by atoms with E-state index in [0.717, 1.165) is 5.56 Å². The predicted molar refractivity (Wildman–Crippen MR) is 110 cm³/mol. The minimum atomic E-state index is -0.373. The highest BCUT2D eigenvalue weighted by Crippen LogP contribution is 2.14. The Bertz CT molecular complexity index is 998. The van der Waals surface area contributed by atoms with E-state index in [4.69, 9.17) is 4.42 Å². The summed E-state index contributed by atoms with van der Waals surface area (Å²) in [7, 11) is 0. The van der Waals surface area contributed by atoms with Gasteiger partial charge in [0, 0.05) is 30.5 Å². The molecule has 148 valence electrons. The fourth-order valence-electron chi connectivity index (χ4n) is 2.56. The number of hydrogen-bond acceptors (Lipinski definition) is 4. The lowest BCUT2D eigenvalue weighted by molar-refractivity contribution is -0.114. The van der Waals surface area contributed by atoms with Gasteiger partial charge in [0.25, 0.3) is 5.91 Å². The molecule has 0 fully saturated rings. The monoisotopic (exact) mass is 392 g/mol. The zero-order valence-electron chi connectivity index (χ0n) is 15.7. The molecule has 0 radical (unpaired) electrons. The molecule has 0 aliphatic carbocycles. The van der Waals surface area contributed by atoms with Crippen LogP contribution in [0.1, 0.15) is 23.0 Å². The van der Waals surface area contributed by atoms with Crippen LogP contribution in [0.3, 0.4) is 0 Å². The summed E-state index contributed by atoms with van der Waals surface area (Å²) in [6.07, 6.45) is 1.43. The molecular weight excluding hydrogens is 372 g/mol. The van der Waals surface area contributed by atoms with E-state index in [1.165, 1.54) is 13.2 Å². The molecule has 8 nitrogen and oxygen atoms in total. The Morgan fingerprint density at radius 3 is 2.21 bits per heavy atom. The highest BCUT2D eigenvalue weighted by molar-refractivity contribution is 6.02. The lowest BCUT2D eigenvalue weighted by Gasteiger charge is -2.10. The molecule has 1 aromatic heterocycles. The van der Waals surface area contributed by atoms with Crippen molar-refractivity contribution in [1.29, 1.82) is 0 Å². The Kier molecular flexibility index (Phi) is 6.26. The van der Waals surface area contributed by atoms with Crippen LogP contribution in [-0.4, -0.2) is 17.8 Å². The normalized spacial score (nSPS) is 10.1. The summed E-state index contributed by atoms with van der Waals surface area (Å²) in [5.41, 5.74) is 2.66. The van der Waals surface area contributed by atoms with Crippen LogP contribution in [0, 0.1) is 0 Å². The van der Waals surface area contributed by atoms with Crippen LogP contribution in [0.25, 0.3) is 0 Å². The standard InChI is InChI=1S/C21H20N4O4/c1-14(26)23-16-7-9-17(10-8-16)25-21(28)22-13-15-4-2-5-18(12-15)24-20(27)19-6-3-11-29-19/h2-12H,13H2,1H3,(H,23,26)(H,24,27)(H2,22,25,28). The Morgan fingerprint density at radius 2 is 1.55 bits per heavy atom. The largest absolute Gasteiger partial charge is 0.459 e. The molecule has 1 heterocycles. The van der Waals surface area contributed by atoms with Crippen LogP contribution in [0.4, 0.5) is 21.9 Å². The van der Waals surface area contributed by atoms with Gasteiger partial charge < -0.3 is 25.7 Å². The number of hydrogen-bond donors (Lipinski definition) is 4. The van der Waals surface area contributed by atoms with Crippen molar-refractivity contribution in [3.05, 3.63) is 78.3 Å². The first-order valence-corrected chi connectivity index (χ1v) is 8.86. The summed E-state index contributed by atoms with van der Waals surface area (Å²) in [5.74, 6) is -0.288. The number of urea groups is 1. The smallest absolute Gasteiger partial charge is 0.319 e. The first-order valence-electron chi connectivity index (χ1n) is 8.86. The molecule has 3 rings (SSSR count). The van der Waals surface area contributed by atoms with Crippen LogP contribution < -0.4 is 21.3 Å². The molecule has 0 unspecified atom stereocenters. The van der Waals surface area contributed by atoms with Crippen molar-refractivity contribution in [3.8, 4) is 0 Å². The quantitative estimate of drug-likeness (QED) is 0.511. The van der Waals surface area contributed by atoms with Gasteiger partial charge in [-0.2, -0.15) is 0 Å². The number of nitrogens with one attached hydrogen (secondary N) is 4. The van der Waals surface area contributed by atoms with E-state index in [1.54, 1.807) is 54.6 Å². The average molecular weight is 392 g/mol. The summed E-state index contributed by atoms with van der Waals surface area (Å²) >= 11 is 0. The Balaban J connectivity index is 1.51.